The molecule has 1 aromatic carbocycles. The van der Waals surface area contributed by atoms with Crippen LogP contribution in [-0.4, -0.2) is 24.5 Å². The van der Waals surface area contributed by atoms with Gasteiger partial charge in [0, 0.05) is 24.1 Å². The van der Waals surface area contributed by atoms with E-state index >= 15 is 0 Å². The average molecular weight is 287 g/mol. The summed E-state index contributed by atoms with van der Waals surface area (Å²) < 4.78 is 5.12. The number of aldehydes is 1. The minimum Gasteiger partial charge on any atom is -0.444 e. The van der Waals surface area contributed by atoms with Crippen LogP contribution in [0.1, 0.15) is 48.7 Å². The van der Waals surface area contributed by atoms with Crippen LogP contribution in [0.2, 0.25) is 0 Å². The fourth-order valence-electron chi connectivity index (χ4n) is 1.60. The molecule has 1 N–H and O–H groups in total. The van der Waals surface area contributed by atoms with Gasteiger partial charge >= 0.3 is 6.09 Å². The third-order valence-corrected chi connectivity index (χ3v) is 2.53. The lowest BCUT2D eigenvalue weighted by molar-refractivity contribution is 0.0529. The lowest BCUT2D eigenvalue weighted by atomic mass is 10.1. The maximum atomic E-state index is 11.4. The number of hydrogen-bond acceptors (Lipinski definition) is 3. The Labute approximate surface area is 125 Å². The highest BCUT2D eigenvalue weighted by Gasteiger charge is 2.15. The number of nitrogens with one attached hydrogen (secondary N) is 1. The van der Waals surface area contributed by atoms with Gasteiger partial charge in [-0.1, -0.05) is 17.9 Å². The average Bonchev–Trinajstić information content (AvgIpc) is 2.37. The van der Waals surface area contributed by atoms with Gasteiger partial charge in [-0.3, -0.25) is 4.79 Å². The zero-order chi connectivity index (χ0) is 15.9. The molecule has 1 rings (SSSR count). The van der Waals surface area contributed by atoms with Gasteiger partial charge in [-0.2, -0.15) is 0 Å². The van der Waals surface area contributed by atoms with Gasteiger partial charge in [0.25, 0.3) is 0 Å². The van der Waals surface area contributed by atoms with Crippen LogP contribution >= 0.6 is 0 Å². The lowest BCUT2D eigenvalue weighted by Crippen LogP contribution is -2.32. The molecule has 0 aromatic heterocycles. The summed E-state index contributed by atoms with van der Waals surface area (Å²) in [5.41, 5.74) is 2.00. The van der Waals surface area contributed by atoms with E-state index in [-0.39, 0.29) is 0 Å². The van der Waals surface area contributed by atoms with Crippen LogP contribution in [0.4, 0.5) is 4.79 Å². The van der Waals surface area contributed by atoms with E-state index in [1.807, 2.05) is 33.8 Å². The van der Waals surface area contributed by atoms with Gasteiger partial charge in [0.05, 0.1) is 0 Å². The summed E-state index contributed by atoms with van der Waals surface area (Å²) >= 11 is 0. The molecule has 0 atom stereocenters. The molecule has 1 amide bonds. The Morgan fingerprint density at radius 3 is 2.67 bits per heavy atom. The number of ether oxygens (including phenoxy) is 1. The van der Waals surface area contributed by atoms with E-state index in [4.69, 9.17) is 4.74 Å². The first-order chi connectivity index (χ1) is 9.81. The Kier molecular flexibility index (Phi) is 5.98. The number of alkyl carbamates (subject to hydrolysis) is 1. The molecule has 0 saturated heterocycles. The van der Waals surface area contributed by atoms with Gasteiger partial charge in [0.1, 0.15) is 11.9 Å². The fourth-order valence-corrected chi connectivity index (χ4v) is 1.60. The van der Waals surface area contributed by atoms with Gasteiger partial charge < -0.3 is 10.1 Å². The van der Waals surface area contributed by atoms with E-state index < -0.39 is 11.7 Å². The summed E-state index contributed by atoms with van der Waals surface area (Å²) in [6.07, 6.45) is 0.916. The van der Waals surface area contributed by atoms with Crippen molar-refractivity contribution in [2.45, 2.75) is 39.7 Å². The monoisotopic (exact) mass is 287 g/mol. The fraction of sp³-hybridized carbons (Fsp3) is 0.412. The van der Waals surface area contributed by atoms with E-state index in [0.717, 1.165) is 17.4 Å². The molecule has 0 unspecified atom stereocenters. The molecule has 0 fully saturated rings. The first-order valence-electron chi connectivity index (χ1n) is 6.83. The van der Waals surface area contributed by atoms with Gasteiger partial charge in [0.15, 0.2) is 0 Å². The van der Waals surface area contributed by atoms with E-state index in [1.54, 1.807) is 12.1 Å². The summed E-state index contributed by atoms with van der Waals surface area (Å²) in [6.45, 7) is 7.80. The van der Waals surface area contributed by atoms with Crippen molar-refractivity contribution in [3.05, 3.63) is 34.9 Å². The second-order valence-corrected chi connectivity index (χ2v) is 5.67. The molecule has 0 aliphatic carbocycles. The van der Waals surface area contributed by atoms with Crippen LogP contribution in [0.15, 0.2) is 18.2 Å². The molecule has 0 saturated carbocycles. The quantitative estimate of drug-likeness (QED) is 0.528. The molecule has 0 aliphatic heterocycles. The molecular formula is C17H21NO3. The van der Waals surface area contributed by atoms with Crippen molar-refractivity contribution < 1.29 is 14.3 Å². The third kappa shape index (κ3) is 6.62. The number of amides is 1. The molecule has 4 nitrogen and oxygen atoms in total. The van der Waals surface area contributed by atoms with Crippen LogP contribution in [0.5, 0.6) is 0 Å². The molecule has 4 heteroatoms. The molecule has 21 heavy (non-hydrogen) atoms. The molecule has 0 bridgehead atoms. The lowest BCUT2D eigenvalue weighted by Gasteiger charge is -2.19. The Bertz CT molecular complexity index is 574. The first kappa shape index (κ1) is 16.8. The second-order valence-electron chi connectivity index (χ2n) is 5.67. The summed E-state index contributed by atoms with van der Waals surface area (Å²) in [5.74, 6) is 6.02. The van der Waals surface area contributed by atoms with E-state index in [2.05, 4.69) is 17.2 Å². The first-order valence-corrected chi connectivity index (χ1v) is 6.83. The van der Waals surface area contributed by atoms with Gasteiger partial charge in [-0.05, 0) is 45.4 Å². The molecule has 0 aliphatic rings. The number of benzene rings is 1. The van der Waals surface area contributed by atoms with Crippen LogP contribution in [0.25, 0.3) is 0 Å². The minimum absolute atomic E-state index is 0.434. The predicted octanol–water partition coefficient (Wildman–Crippen LogP) is 3.07. The Morgan fingerprint density at radius 1 is 1.38 bits per heavy atom. The van der Waals surface area contributed by atoms with Crippen molar-refractivity contribution in [1.82, 2.24) is 5.32 Å². The SMILES string of the molecule is Cc1cc(C=O)ccc1C#CCCNC(=O)OC(C)(C)C. The van der Waals surface area contributed by atoms with E-state index in [1.165, 1.54) is 0 Å². The molecule has 0 radical (unpaired) electrons. The van der Waals surface area contributed by atoms with Crippen LogP contribution < -0.4 is 5.32 Å². The predicted molar refractivity (Wildman–Crippen MR) is 82.3 cm³/mol. The van der Waals surface area contributed by atoms with Crippen LogP contribution in [0.3, 0.4) is 0 Å². The highest BCUT2D eigenvalue weighted by molar-refractivity contribution is 5.75. The van der Waals surface area contributed by atoms with Crippen molar-refractivity contribution in [2.24, 2.45) is 0 Å². The van der Waals surface area contributed by atoms with Gasteiger partial charge in [0.2, 0.25) is 0 Å². The number of aryl methyl sites for hydroxylation is 1. The maximum absolute atomic E-state index is 11.4. The van der Waals surface area contributed by atoms with Crippen LogP contribution in [0, 0.1) is 18.8 Å². The summed E-state index contributed by atoms with van der Waals surface area (Å²) in [7, 11) is 0. The standard InChI is InChI=1S/C17H21NO3/c1-13-11-14(12-19)8-9-15(13)7-5-6-10-18-16(20)21-17(2,3)4/h8-9,11-12H,6,10H2,1-4H3,(H,18,20). The number of hydrogen-bond donors (Lipinski definition) is 1. The smallest absolute Gasteiger partial charge is 0.407 e. The number of carbonyl (C=O) groups is 2. The van der Waals surface area contributed by atoms with Crippen molar-refractivity contribution in [3.8, 4) is 11.8 Å². The summed E-state index contributed by atoms with van der Waals surface area (Å²) in [5, 5.41) is 2.65. The zero-order valence-corrected chi connectivity index (χ0v) is 12.9. The topological polar surface area (TPSA) is 55.4 Å². The van der Waals surface area contributed by atoms with Crippen molar-refractivity contribution in [2.75, 3.05) is 6.54 Å². The summed E-state index contributed by atoms with van der Waals surface area (Å²) in [4.78, 5) is 22.0. The highest BCUT2D eigenvalue weighted by Crippen LogP contribution is 2.08. The number of rotatable bonds is 3. The molecule has 0 heterocycles. The van der Waals surface area contributed by atoms with Gasteiger partial charge in [-0.15, -0.1) is 0 Å². The van der Waals surface area contributed by atoms with Crippen molar-refractivity contribution >= 4 is 12.4 Å². The number of carbonyl (C=O) groups excluding carboxylic acids is 2. The Hall–Kier alpha value is -2.28. The van der Waals surface area contributed by atoms with Crippen LogP contribution in [-0.2, 0) is 4.74 Å². The Morgan fingerprint density at radius 2 is 2.10 bits per heavy atom. The van der Waals surface area contributed by atoms with Crippen molar-refractivity contribution in [1.29, 1.82) is 0 Å². The molecule has 0 spiro atoms. The minimum atomic E-state index is -0.493. The summed E-state index contributed by atoms with van der Waals surface area (Å²) in [6, 6.07) is 5.37. The van der Waals surface area contributed by atoms with E-state index in [9.17, 15) is 9.59 Å². The molecular weight excluding hydrogens is 266 g/mol. The normalized spacial score (nSPS) is 10.3. The maximum Gasteiger partial charge on any atom is 0.407 e. The van der Waals surface area contributed by atoms with Crippen molar-refractivity contribution in [3.63, 3.8) is 0 Å². The zero-order valence-electron chi connectivity index (χ0n) is 12.9. The largest absolute Gasteiger partial charge is 0.444 e. The highest BCUT2D eigenvalue weighted by atomic mass is 16.6. The second kappa shape index (κ2) is 7.49. The third-order valence-electron chi connectivity index (χ3n) is 2.53. The van der Waals surface area contributed by atoms with E-state index in [0.29, 0.717) is 18.5 Å². The van der Waals surface area contributed by atoms with Gasteiger partial charge in [-0.25, -0.2) is 4.79 Å². The molecule has 1 aromatic rings. The Balaban J connectivity index is 2.44. The molecule has 112 valence electrons.